The lowest BCUT2D eigenvalue weighted by Crippen LogP contribution is -2.27. The van der Waals surface area contributed by atoms with Crippen molar-refractivity contribution in [2.45, 2.75) is 39.5 Å². The number of nitrogens with zero attached hydrogens (tertiary/aromatic N) is 2. The van der Waals surface area contributed by atoms with Crippen LogP contribution in [0.5, 0.6) is 0 Å². The van der Waals surface area contributed by atoms with Crippen LogP contribution in [0, 0.1) is 5.92 Å². The van der Waals surface area contributed by atoms with Gasteiger partial charge in [0, 0.05) is 32.4 Å². The number of ether oxygens (including phenoxy) is 1. The fourth-order valence-electron chi connectivity index (χ4n) is 2.22. The standard InChI is InChI=1S/C12H21N3O/c1-3-15-12(4-6-14-15)9-13-8-11-5-7-16-10(11)2/h4,6,10-11,13H,3,5,7-9H2,1-2H3. The molecule has 0 saturated carbocycles. The predicted molar refractivity (Wildman–Crippen MR) is 63.1 cm³/mol. The molecule has 0 amide bonds. The van der Waals surface area contributed by atoms with Gasteiger partial charge in [-0.3, -0.25) is 4.68 Å². The molecule has 1 aliphatic rings. The van der Waals surface area contributed by atoms with Crippen molar-refractivity contribution in [3.8, 4) is 0 Å². The van der Waals surface area contributed by atoms with Crippen LogP contribution in [-0.4, -0.2) is 29.0 Å². The molecule has 0 spiro atoms. The maximum atomic E-state index is 5.54. The lowest BCUT2D eigenvalue weighted by molar-refractivity contribution is 0.105. The first-order chi connectivity index (χ1) is 7.81. The molecule has 1 aliphatic heterocycles. The molecule has 16 heavy (non-hydrogen) atoms. The summed E-state index contributed by atoms with van der Waals surface area (Å²) in [5, 5.41) is 7.75. The average molecular weight is 223 g/mol. The summed E-state index contributed by atoms with van der Waals surface area (Å²) in [6.07, 6.45) is 3.45. The van der Waals surface area contributed by atoms with E-state index in [-0.39, 0.29) is 0 Å². The van der Waals surface area contributed by atoms with Gasteiger partial charge in [-0.1, -0.05) is 0 Å². The molecule has 2 rings (SSSR count). The third-order valence-corrected chi connectivity index (χ3v) is 3.35. The van der Waals surface area contributed by atoms with E-state index in [4.69, 9.17) is 4.74 Å². The highest BCUT2D eigenvalue weighted by Gasteiger charge is 2.23. The van der Waals surface area contributed by atoms with Gasteiger partial charge in [0.2, 0.25) is 0 Å². The van der Waals surface area contributed by atoms with Gasteiger partial charge in [0.1, 0.15) is 0 Å². The molecule has 2 unspecified atom stereocenters. The van der Waals surface area contributed by atoms with Crippen molar-refractivity contribution in [3.63, 3.8) is 0 Å². The third kappa shape index (κ3) is 2.62. The van der Waals surface area contributed by atoms with E-state index >= 15 is 0 Å². The van der Waals surface area contributed by atoms with Crippen LogP contribution >= 0.6 is 0 Å². The van der Waals surface area contributed by atoms with Crippen molar-refractivity contribution in [2.75, 3.05) is 13.2 Å². The maximum absolute atomic E-state index is 5.54. The molecule has 0 aromatic carbocycles. The number of hydrogen-bond donors (Lipinski definition) is 1. The summed E-state index contributed by atoms with van der Waals surface area (Å²) in [5.74, 6) is 0.665. The normalized spacial score (nSPS) is 25.1. The molecule has 1 fully saturated rings. The molecule has 0 aliphatic carbocycles. The van der Waals surface area contributed by atoms with Crippen molar-refractivity contribution in [2.24, 2.45) is 5.92 Å². The maximum Gasteiger partial charge on any atom is 0.0588 e. The highest BCUT2D eigenvalue weighted by molar-refractivity contribution is 4.99. The summed E-state index contributed by atoms with van der Waals surface area (Å²) < 4.78 is 7.57. The van der Waals surface area contributed by atoms with Gasteiger partial charge in [-0.25, -0.2) is 0 Å². The van der Waals surface area contributed by atoms with E-state index in [9.17, 15) is 0 Å². The predicted octanol–water partition coefficient (Wildman–Crippen LogP) is 1.42. The fraction of sp³-hybridized carbons (Fsp3) is 0.750. The average Bonchev–Trinajstić information content (AvgIpc) is 2.88. The van der Waals surface area contributed by atoms with Crippen LogP contribution in [0.1, 0.15) is 26.0 Å². The van der Waals surface area contributed by atoms with Crippen LogP contribution in [0.3, 0.4) is 0 Å². The van der Waals surface area contributed by atoms with Gasteiger partial charge in [-0.2, -0.15) is 5.10 Å². The van der Waals surface area contributed by atoms with Crippen molar-refractivity contribution in [1.29, 1.82) is 0 Å². The van der Waals surface area contributed by atoms with Gasteiger partial charge in [0.05, 0.1) is 11.8 Å². The van der Waals surface area contributed by atoms with Crippen molar-refractivity contribution < 1.29 is 4.74 Å². The lowest BCUT2D eigenvalue weighted by atomic mass is 10.0. The minimum Gasteiger partial charge on any atom is -0.378 e. The van der Waals surface area contributed by atoms with Crippen LogP contribution in [-0.2, 0) is 17.8 Å². The number of rotatable bonds is 5. The fourth-order valence-corrected chi connectivity index (χ4v) is 2.22. The van der Waals surface area contributed by atoms with Crippen LogP contribution < -0.4 is 5.32 Å². The quantitative estimate of drug-likeness (QED) is 0.820. The van der Waals surface area contributed by atoms with Gasteiger partial charge < -0.3 is 10.1 Å². The second kappa shape index (κ2) is 5.46. The zero-order valence-electron chi connectivity index (χ0n) is 10.1. The Morgan fingerprint density at radius 3 is 3.19 bits per heavy atom. The second-order valence-corrected chi connectivity index (χ2v) is 4.39. The van der Waals surface area contributed by atoms with E-state index in [0.29, 0.717) is 12.0 Å². The Hall–Kier alpha value is -0.870. The number of aromatic nitrogens is 2. The third-order valence-electron chi connectivity index (χ3n) is 3.35. The van der Waals surface area contributed by atoms with E-state index in [1.807, 2.05) is 10.9 Å². The smallest absolute Gasteiger partial charge is 0.0588 e. The summed E-state index contributed by atoms with van der Waals surface area (Å²) in [5.41, 5.74) is 1.26. The van der Waals surface area contributed by atoms with E-state index in [1.165, 1.54) is 12.1 Å². The molecule has 1 saturated heterocycles. The zero-order chi connectivity index (χ0) is 11.4. The van der Waals surface area contributed by atoms with Crippen molar-refractivity contribution in [1.82, 2.24) is 15.1 Å². The zero-order valence-corrected chi connectivity index (χ0v) is 10.1. The summed E-state index contributed by atoms with van der Waals surface area (Å²) in [6, 6.07) is 2.07. The lowest BCUT2D eigenvalue weighted by Gasteiger charge is -2.14. The van der Waals surface area contributed by atoms with Gasteiger partial charge in [-0.05, 0) is 32.3 Å². The molecule has 0 radical (unpaired) electrons. The van der Waals surface area contributed by atoms with Crippen LogP contribution in [0.25, 0.3) is 0 Å². The van der Waals surface area contributed by atoms with Gasteiger partial charge in [0.15, 0.2) is 0 Å². The van der Waals surface area contributed by atoms with Crippen LogP contribution in [0.15, 0.2) is 12.3 Å². The molecule has 2 atom stereocenters. The van der Waals surface area contributed by atoms with Crippen LogP contribution in [0.2, 0.25) is 0 Å². The van der Waals surface area contributed by atoms with E-state index in [2.05, 4.69) is 30.3 Å². The van der Waals surface area contributed by atoms with Crippen molar-refractivity contribution >= 4 is 0 Å². The van der Waals surface area contributed by atoms with Gasteiger partial charge >= 0.3 is 0 Å². The first-order valence-electron chi connectivity index (χ1n) is 6.14. The molecular weight excluding hydrogens is 202 g/mol. The Kier molecular flexibility index (Phi) is 3.96. The van der Waals surface area contributed by atoms with Crippen molar-refractivity contribution in [3.05, 3.63) is 18.0 Å². The van der Waals surface area contributed by atoms with Crippen LogP contribution in [0.4, 0.5) is 0 Å². The Morgan fingerprint density at radius 2 is 2.50 bits per heavy atom. The Balaban J connectivity index is 1.75. The monoisotopic (exact) mass is 223 g/mol. The topological polar surface area (TPSA) is 39.1 Å². The minimum atomic E-state index is 0.406. The Bertz CT molecular complexity index is 324. The van der Waals surface area contributed by atoms with E-state index < -0.39 is 0 Å². The largest absolute Gasteiger partial charge is 0.378 e. The van der Waals surface area contributed by atoms with E-state index in [0.717, 1.165) is 26.2 Å². The molecule has 4 heteroatoms. The summed E-state index contributed by atoms with van der Waals surface area (Å²) >= 11 is 0. The molecule has 4 nitrogen and oxygen atoms in total. The molecule has 1 N–H and O–H groups in total. The second-order valence-electron chi connectivity index (χ2n) is 4.39. The molecule has 90 valence electrons. The minimum absolute atomic E-state index is 0.406. The molecule has 1 aromatic heterocycles. The summed E-state index contributed by atoms with van der Waals surface area (Å²) in [6.45, 7) is 8.07. The first kappa shape index (κ1) is 11.6. The Labute approximate surface area is 97.0 Å². The molecular formula is C12H21N3O. The van der Waals surface area contributed by atoms with E-state index in [1.54, 1.807) is 0 Å². The number of aryl methyl sites for hydroxylation is 1. The SMILES string of the molecule is CCn1nccc1CNCC1CCOC1C. The molecule has 2 heterocycles. The summed E-state index contributed by atoms with van der Waals surface area (Å²) in [4.78, 5) is 0. The first-order valence-corrected chi connectivity index (χ1v) is 6.14. The highest BCUT2D eigenvalue weighted by atomic mass is 16.5. The van der Waals surface area contributed by atoms with Gasteiger partial charge in [-0.15, -0.1) is 0 Å². The highest BCUT2D eigenvalue weighted by Crippen LogP contribution is 2.19. The molecule has 0 bridgehead atoms. The van der Waals surface area contributed by atoms with Gasteiger partial charge in [0.25, 0.3) is 0 Å². The summed E-state index contributed by atoms with van der Waals surface area (Å²) in [7, 11) is 0. The number of nitrogens with one attached hydrogen (secondary N) is 1. The molecule has 1 aromatic rings. The number of hydrogen-bond acceptors (Lipinski definition) is 3. The Morgan fingerprint density at radius 1 is 1.62 bits per heavy atom.